The van der Waals surface area contributed by atoms with Crippen LogP contribution in [0.15, 0.2) is 52.3 Å². The van der Waals surface area contributed by atoms with E-state index in [1.807, 2.05) is 35.7 Å². The van der Waals surface area contributed by atoms with Crippen LogP contribution in [0.5, 0.6) is 0 Å². The fourth-order valence-corrected chi connectivity index (χ4v) is 3.91. The van der Waals surface area contributed by atoms with E-state index in [4.69, 9.17) is 0 Å². The van der Waals surface area contributed by atoms with Crippen LogP contribution in [0, 0.1) is 0 Å². The number of nitrogens with one attached hydrogen (secondary N) is 1. The van der Waals surface area contributed by atoms with Crippen molar-refractivity contribution >= 4 is 34.7 Å². The SMILES string of the molecule is O=C(CSc1nnc(-c2ccsc2)n1C1CC1)Nc1ccccc1. The number of para-hydroxylation sites is 1. The first-order valence-electron chi connectivity index (χ1n) is 7.76. The highest BCUT2D eigenvalue weighted by atomic mass is 32.2. The van der Waals surface area contributed by atoms with Gasteiger partial charge in [-0.3, -0.25) is 9.36 Å². The van der Waals surface area contributed by atoms with E-state index in [1.165, 1.54) is 11.8 Å². The van der Waals surface area contributed by atoms with Crippen LogP contribution in [0.2, 0.25) is 0 Å². The van der Waals surface area contributed by atoms with Crippen molar-refractivity contribution in [3.63, 3.8) is 0 Å². The monoisotopic (exact) mass is 356 g/mol. The maximum absolute atomic E-state index is 12.1. The Bertz CT molecular complexity index is 826. The third kappa shape index (κ3) is 3.37. The molecule has 24 heavy (non-hydrogen) atoms. The number of thioether (sulfide) groups is 1. The van der Waals surface area contributed by atoms with E-state index in [0.717, 1.165) is 35.1 Å². The number of nitrogens with zero attached hydrogens (tertiary/aromatic N) is 3. The minimum Gasteiger partial charge on any atom is -0.325 e. The summed E-state index contributed by atoms with van der Waals surface area (Å²) in [5.41, 5.74) is 1.91. The van der Waals surface area contributed by atoms with Gasteiger partial charge in [-0.2, -0.15) is 11.3 Å². The van der Waals surface area contributed by atoms with Crippen molar-refractivity contribution in [3.8, 4) is 11.4 Å². The van der Waals surface area contributed by atoms with E-state index < -0.39 is 0 Å². The van der Waals surface area contributed by atoms with Gasteiger partial charge >= 0.3 is 0 Å². The van der Waals surface area contributed by atoms with Crippen molar-refractivity contribution in [3.05, 3.63) is 47.2 Å². The van der Waals surface area contributed by atoms with E-state index in [0.29, 0.717) is 11.8 Å². The van der Waals surface area contributed by atoms with Crippen LogP contribution >= 0.6 is 23.1 Å². The minimum atomic E-state index is -0.0337. The summed E-state index contributed by atoms with van der Waals surface area (Å²) in [6.45, 7) is 0. The van der Waals surface area contributed by atoms with Crippen molar-refractivity contribution in [2.75, 3.05) is 11.1 Å². The van der Waals surface area contributed by atoms with Crippen molar-refractivity contribution in [2.45, 2.75) is 24.0 Å². The van der Waals surface area contributed by atoms with Crippen molar-refractivity contribution in [1.29, 1.82) is 0 Å². The van der Waals surface area contributed by atoms with Gasteiger partial charge in [0.15, 0.2) is 11.0 Å². The summed E-state index contributed by atoms with van der Waals surface area (Å²) in [6.07, 6.45) is 2.30. The van der Waals surface area contributed by atoms with Gasteiger partial charge in [0.1, 0.15) is 0 Å². The molecule has 5 nitrogen and oxygen atoms in total. The Morgan fingerprint density at radius 1 is 1.25 bits per heavy atom. The molecule has 0 radical (unpaired) electrons. The average Bonchev–Trinajstić information content (AvgIpc) is 3.12. The van der Waals surface area contributed by atoms with Gasteiger partial charge in [-0.1, -0.05) is 30.0 Å². The summed E-state index contributed by atoms with van der Waals surface area (Å²) >= 11 is 3.09. The smallest absolute Gasteiger partial charge is 0.234 e. The number of amides is 1. The summed E-state index contributed by atoms with van der Waals surface area (Å²) < 4.78 is 2.18. The summed E-state index contributed by atoms with van der Waals surface area (Å²) in [5, 5.41) is 16.5. The third-order valence-electron chi connectivity index (χ3n) is 3.75. The molecule has 4 rings (SSSR count). The van der Waals surface area contributed by atoms with E-state index in [1.54, 1.807) is 11.3 Å². The van der Waals surface area contributed by atoms with Gasteiger partial charge < -0.3 is 5.32 Å². The molecule has 1 N–H and O–H groups in total. The number of benzene rings is 1. The lowest BCUT2D eigenvalue weighted by molar-refractivity contribution is -0.113. The lowest BCUT2D eigenvalue weighted by atomic mass is 10.3. The number of hydrogen-bond donors (Lipinski definition) is 1. The molecule has 0 aliphatic heterocycles. The van der Waals surface area contributed by atoms with E-state index in [2.05, 4.69) is 31.5 Å². The standard InChI is InChI=1S/C17H16N4OS2/c22-15(18-13-4-2-1-3-5-13)11-24-17-20-19-16(12-8-9-23-10-12)21(17)14-6-7-14/h1-5,8-10,14H,6-7,11H2,(H,18,22). The summed E-state index contributed by atoms with van der Waals surface area (Å²) in [4.78, 5) is 12.1. The molecule has 0 unspecified atom stereocenters. The highest BCUT2D eigenvalue weighted by molar-refractivity contribution is 7.99. The Hall–Kier alpha value is -2.12. The molecule has 2 aromatic heterocycles. The van der Waals surface area contributed by atoms with Crippen LogP contribution in [-0.4, -0.2) is 26.4 Å². The fraction of sp³-hybridized carbons (Fsp3) is 0.235. The molecule has 0 saturated heterocycles. The number of hydrogen-bond acceptors (Lipinski definition) is 5. The zero-order valence-corrected chi connectivity index (χ0v) is 14.5. The Morgan fingerprint density at radius 3 is 2.79 bits per heavy atom. The Balaban J connectivity index is 1.46. The molecule has 3 aromatic rings. The van der Waals surface area contributed by atoms with Gasteiger partial charge in [0, 0.05) is 22.7 Å². The molecule has 1 aromatic carbocycles. The zero-order valence-electron chi connectivity index (χ0n) is 12.9. The normalized spacial score (nSPS) is 13.8. The van der Waals surface area contributed by atoms with E-state index in [-0.39, 0.29) is 5.91 Å². The van der Waals surface area contributed by atoms with E-state index in [9.17, 15) is 4.79 Å². The molecule has 2 heterocycles. The number of thiophene rings is 1. The average molecular weight is 356 g/mol. The molecule has 1 fully saturated rings. The number of aromatic nitrogens is 3. The van der Waals surface area contributed by atoms with Gasteiger partial charge in [-0.05, 0) is 36.4 Å². The fourth-order valence-electron chi connectivity index (χ4n) is 2.47. The van der Waals surface area contributed by atoms with Crippen LogP contribution in [0.25, 0.3) is 11.4 Å². The third-order valence-corrected chi connectivity index (χ3v) is 5.37. The van der Waals surface area contributed by atoms with Crippen molar-refractivity contribution < 1.29 is 4.79 Å². The predicted octanol–water partition coefficient (Wildman–Crippen LogP) is 4.07. The maximum atomic E-state index is 12.1. The van der Waals surface area contributed by atoms with Gasteiger partial charge in [0.25, 0.3) is 0 Å². The maximum Gasteiger partial charge on any atom is 0.234 e. The lowest BCUT2D eigenvalue weighted by Gasteiger charge is -2.08. The zero-order chi connectivity index (χ0) is 16.4. The highest BCUT2D eigenvalue weighted by Crippen LogP contribution is 2.41. The second kappa shape index (κ2) is 6.78. The molecule has 1 saturated carbocycles. The lowest BCUT2D eigenvalue weighted by Crippen LogP contribution is -2.14. The molecular formula is C17H16N4OS2. The Morgan fingerprint density at radius 2 is 2.08 bits per heavy atom. The highest BCUT2D eigenvalue weighted by Gasteiger charge is 2.30. The second-order valence-electron chi connectivity index (χ2n) is 5.62. The molecule has 1 amide bonds. The molecule has 0 spiro atoms. The topological polar surface area (TPSA) is 59.8 Å². The number of carbonyl (C=O) groups is 1. The van der Waals surface area contributed by atoms with Gasteiger partial charge in [-0.15, -0.1) is 10.2 Å². The molecule has 1 aliphatic carbocycles. The molecular weight excluding hydrogens is 340 g/mol. The Labute approximate surface area is 148 Å². The molecule has 7 heteroatoms. The quantitative estimate of drug-likeness (QED) is 0.676. The predicted molar refractivity (Wildman–Crippen MR) is 97.4 cm³/mol. The largest absolute Gasteiger partial charge is 0.325 e. The van der Waals surface area contributed by atoms with Crippen molar-refractivity contribution in [1.82, 2.24) is 14.8 Å². The van der Waals surface area contributed by atoms with Crippen LogP contribution in [0.1, 0.15) is 18.9 Å². The van der Waals surface area contributed by atoms with Crippen LogP contribution in [0.3, 0.4) is 0 Å². The number of anilines is 1. The van der Waals surface area contributed by atoms with Gasteiger partial charge in [-0.25, -0.2) is 0 Å². The second-order valence-corrected chi connectivity index (χ2v) is 7.34. The first-order valence-corrected chi connectivity index (χ1v) is 9.69. The van der Waals surface area contributed by atoms with Crippen LogP contribution < -0.4 is 5.32 Å². The molecule has 122 valence electrons. The molecule has 1 aliphatic rings. The summed E-state index contributed by atoms with van der Waals surface area (Å²) in [6, 6.07) is 12.0. The number of carbonyl (C=O) groups excluding carboxylic acids is 1. The first kappa shape index (κ1) is 15.4. The molecule has 0 bridgehead atoms. The Kier molecular flexibility index (Phi) is 4.36. The van der Waals surface area contributed by atoms with Gasteiger partial charge in [0.05, 0.1) is 5.75 Å². The minimum absolute atomic E-state index is 0.0337. The van der Waals surface area contributed by atoms with Crippen LogP contribution in [-0.2, 0) is 4.79 Å². The summed E-state index contributed by atoms with van der Waals surface area (Å²) in [5.74, 6) is 1.20. The number of rotatable bonds is 6. The van der Waals surface area contributed by atoms with E-state index >= 15 is 0 Å². The molecule has 0 atom stereocenters. The first-order chi connectivity index (χ1) is 11.8. The van der Waals surface area contributed by atoms with Crippen LogP contribution in [0.4, 0.5) is 5.69 Å². The summed E-state index contributed by atoms with van der Waals surface area (Å²) in [7, 11) is 0. The van der Waals surface area contributed by atoms with Gasteiger partial charge in [0.2, 0.25) is 5.91 Å². The van der Waals surface area contributed by atoms with Crippen molar-refractivity contribution in [2.24, 2.45) is 0 Å².